The number of carboxylic acid groups (broad SMARTS) is 1. The van der Waals surface area contributed by atoms with E-state index in [4.69, 9.17) is 5.11 Å². The Morgan fingerprint density at radius 2 is 2.33 bits per heavy atom. The number of carbonyl (C=O) groups is 1. The molecule has 2 N–H and O–H groups in total. The van der Waals surface area contributed by atoms with E-state index in [1.807, 2.05) is 14.0 Å². The Hall–Kier alpha value is -2.22. The SMILES string of the molecule is CC(CNc1ncc([N+](=O)[O-])cc1C(=O)O)N(C)C1CC1. The molecule has 0 amide bonds. The summed E-state index contributed by atoms with van der Waals surface area (Å²) in [4.78, 5) is 27.3. The third-order valence-electron chi connectivity index (χ3n) is 3.70. The number of carboxylic acids is 1. The van der Waals surface area contributed by atoms with Crippen molar-refractivity contribution < 1.29 is 14.8 Å². The predicted molar refractivity (Wildman–Crippen MR) is 76.6 cm³/mol. The average molecular weight is 294 g/mol. The molecule has 1 aliphatic carbocycles. The molecule has 0 spiro atoms. The van der Waals surface area contributed by atoms with Crippen LogP contribution < -0.4 is 5.32 Å². The topological polar surface area (TPSA) is 109 Å². The van der Waals surface area contributed by atoms with E-state index in [0.717, 1.165) is 12.3 Å². The van der Waals surface area contributed by atoms with Crippen molar-refractivity contribution in [3.8, 4) is 0 Å². The first-order valence-electron chi connectivity index (χ1n) is 6.73. The molecular formula is C13H18N4O4. The van der Waals surface area contributed by atoms with Gasteiger partial charge in [0.2, 0.25) is 0 Å². The van der Waals surface area contributed by atoms with Crippen LogP contribution in [0.2, 0.25) is 0 Å². The third-order valence-corrected chi connectivity index (χ3v) is 3.70. The summed E-state index contributed by atoms with van der Waals surface area (Å²) in [7, 11) is 2.03. The fourth-order valence-corrected chi connectivity index (χ4v) is 2.09. The minimum Gasteiger partial charge on any atom is -0.478 e. The number of nitrogens with zero attached hydrogens (tertiary/aromatic N) is 3. The quantitative estimate of drug-likeness (QED) is 0.580. The number of aromatic carboxylic acids is 1. The lowest BCUT2D eigenvalue weighted by molar-refractivity contribution is -0.385. The van der Waals surface area contributed by atoms with Crippen LogP contribution in [-0.4, -0.2) is 51.6 Å². The highest BCUT2D eigenvalue weighted by Crippen LogP contribution is 2.27. The maximum absolute atomic E-state index is 11.2. The van der Waals surface area contributed by atoms with Crippen LogP contribution in [0.25, 0.3) is 0 Å². The summed E-state index contributed by atoms with van der Waals surface area (Å²) in [5.74, 6) is -1.08. The van der Waals surface area contributed by atoms with Gasteiger partial charge in [0.15, 0.2) is 0 Å². The largest absolute Gasteiger partial charge is 0.478 e. The molecule has 1 aromatic rings. The zero-order chi connectivity index (χ0) is 15.6. The molecule has 8 heteroatoms. The molecule has 0 radical (unpaired) electrons. The Labute approximate surface area is 121 Å². The number of likely N-dealkylation sites (N-methyl/N-ethyl adjacent to an activating group) is 1. The number of rotatable bonds is 7. The minimum atomic E-state index is -1.24. The van der Waals surface area contributed by atoms with Crippen LogP contribution in [0.15, 0.2) is 12.3 Å². The first-order valence-corrected chi connectivity index (χ1v) is 6.73. The summed E-state index contributed by atoms with van der Waals surface area (Å²) < 4.78 is 0. The molecule has 21 heavy (non-hydrogen) atoms. The van der Waals surface area contributed by atoms with Gasteiger partial charge >= 0.3 is 5.97 Å². The van der Waals surface area contributed by atoms with Crippen LogP contribution in [0, 0.1) is 10.1 Å². The van der Waals surface area contributed by atoms with Crippen molar-refractivity contribution in [2.75, 3.05) is 18.9 Å². The summed E-state index contributed by atoms with van der Waals surface area (Å²) in [5, 5.41) is 22.8. The van der Waals surface area contributed by atoms with Gasteiger partial charge in [-0.2, -0.15) is 0 Å². The van der Waals surface area contributed by atoms with E-state index < -0.39 is 10.9 Å². The molecule has 1 fully saturated rings. The van der Waals surface area contributed by atoms with Gasteiger partial charge in [0.05, 0.1) is 4.92 Å². The van der Waals surface area contributed by atoms with E-state index in [9.17, 15) is 14.9 Å². The molecule has 1 aromatic heterocycles. The second kappa shape index (κ2) is 6.04. The van der Waals surface area contributed by atoms with Crippen molar-refractivity contribution >= 4 is 17.5 Å². The van der Waals surface area contributed by atoms with E-state index in [-0.39, 0.29) is 23.1 Å². The molecule has 2 rings (SSSR count). The summed E-state index contributed by atoms with van der Waals surface area (Å²) in [6.07, 6.45) is 3.44. The number of hydrogen-bond donors (Lipinski definition) is 2. The molecule has 1 aliphatic rings. The molecule has 0 aliphatic heterocycles. The van der Waals surface area contributed by atoms with Crippen molar-refractivity contribution in [1.82, 2.24) is 9.88 Å². The molecule has 114 valence electrons. The molecule has 0 aromatic carbocycles. The standard InChI is InChI=1S/C13H18N4O4/c1-8(16(2)9-3-4-9)6-14-12-11(13(18)19)5-10(7-15-12)17(20)21/h5,7-9H,3-4,6H2,1-2H3,(H,14,15)(H,18,19). The van der Waals surface area contributed by atoms with Gasteiger partial charge in [-0.15, -0.1) is 0 Å². The van der Waals surface area contributed by atoms with Gasteiger partial charge < -0.3 is 10.4 Å². The van der Waals surface area contributed by atoms with Crippen LogP contribution in [0.5, 0.6) is 0 Å². The predicted octanol–water partition coefficient (Wildman–Crippen LogP) is 1.58. The smallest absolute Gasteiger partial charge is 0.339 e. The first kappa shape index (κ1) is 15.2. The van der Waals surface area contributed by atoms with Gasteiger partial charge in [-0.25, -0.2) is 9.78 Å². The maximum atomic E-state index is 11.2. The molecular weight excluding hydrogens is 276 g/mol. The summed E-state index contributed by atoms with van der Waals surface area (Å²) in [5.41, 5.74) is -0.522. The fraction of sp³-hybridized carbons (Fsp3) is 0.538. The highest BCUT2D eigenvalue weighted by atomic mass is 16.6. The Bertz CT molecular complexity index is 559. The van der Waals surface area contributed by atoms with Crippen molar-refractivity contribution in [3.63, 3.8) is 0 Å². The lowest BCUT2D eigenvalue weighted by atomic mass is 10.2. The van der Waals surface area contributed by atoms with Crippen molar-refractivity contribution in [3.05, 3.63) is 27.9 Å². The lowest BCUT2D eigenvalue weighted by Gasteiger charge is -2.25. The van der Waals surface area contributed by atoms with Gasteiger partial charge in [0.1, 0.15) is 17.6 Å². The zero-order valence-corrected chi connectivity index (χ0v) is 11.9. The van der Waals surface area contributed by atoms with Crippen LogP contribution in [0.3, 0.4) is 0 Å². The second-order valence-electron chi connectivity index (χ2n) is 5.28. The van der Waals surface area contributed by atoms with Crippen molar-refractivity contribution in [1.29, 1.82) is 0 Å². The van der Waals surface area contributed by atoms with Crippen LogP contribution in [0.1, 0.15) is 30.1 Å². The molecule has 1 atom stereocenters. The minimum absolute atomic E-state index is 0.157. The molecule has 8 nitrogen and oxygen atoms in total. The van der Waals surface area contributed by atoms with Crippen LogP contribution >= 0.6 is 0 Å². The Morgan fingerprint density at radius 3 is 2.86 bits per heavy atom. The maximum Gasteiger partial charge on any atom is 0.339 e. The van der Waals surface area contributed by atoms with E-state index in [0.29, 0.717) is 12.6 Å². The Morgan fingerprint density at radius 1 is 1.67 bits per heavy atom. The van der Waals surface area contributed by atoms with E-state index in [1.54, 1.807) is 0 Å². The van der Waals surface area contributed by atoms with E-state index in [2.05, 4.69) is 15.2 Å². The molecule has 1 unspecified atom stereocenters. The number of pyridine rings is 1. The van der Waals surface area contributed by atoms with Crippen molar-refractivity contribution in [2.24, 2.45) is 0 Å². The third kappa shape index (κ3) is 3.66. The Kier molecular flexibility index (Phi) is 4.37. The van der Waals surface area contributed by atoms with Crippen molar-refractivity contribution in [2.45, 2.75) is 31.8 Å². The summed E-state index contributed by atoms with van der Waals surface area (Å²) in [6, 6.07) is 1.84. The molecule has 1 saturated carbocycles. The fourth-order valence-electron chi connectivity index (χ4n) is 2.09. The van der Waals surface area contributed by atoms with Gasteiger partial charge in [-0.1, -0.05) is 0 Å². The highest BCUT2D eigenvalue weighted by molar-refractivity contribution is 5.93. The van der Waals surface area contributed by atoms with Gasteiger partial charge in [-0.3, -0.25) is 15.0 Å². The first-order chi connectivity index (χ1) is 9.90. The molecule has 0 bridgehead atoms. The highest BCUT2D eigenvalue weighted by Gasteiger charge is 2.29. The molecule has 1 heterocycles. The number of nitro groups is 1. The number of nitrogens with one attached hydrogen (secondary N) is 1. The van der Waals surface area contributed by atoms with Crippen LogP contribution in [-0.2, 0) is 0 Å². The lowest BCUT2D eigenvalue weighted by Crippen LogP contribution is -2.36. The van der Waals surface area contributed by atoms with Gasteiger partial charge in [-0.05, 0) is 26.8 Å². The number of hydrogen-bond acceptors (Lipinski definition) is 6. The van der Waals surface area contributed by atoms with E-state index in [1.165, 1.54) is 12.8 Å². The molecule has 0 saturated heterocycles. The summed E-state index contributed by atoms with van der Waals surface area (Å²) in [6.45, 7) is 2.56. The number of aromatic nitrogens is 1. The van der Waals surface area contributed by atoms with Crippen LogP contribution in [0.4, 0.5) is 11.5 Å². The summed E-state index contributed by atoms with van der Waals surface area (Å²) >= 11 is 0. The average Bonchev–Trinajstić information content (AvgIpc) is 3.27. The second-order valence-corrected chi connectivity index (χ2v) is 5.28. The van der Waals surface area contributed by atoms with Gasteiger partial charge in [0, 0.05) is 24.7 Å². The number of anilines is 1. The normalized spacial score (nSPS) is 15.8. The monoisotopic (exact) mass is 294 g/mol. The van der Waals surface area contributed by atoms with Gasteiger partial charge in [0.25, 0.3) is 5.69 Å². The Balaban J connectivity index is 2.08. The zero-order valence-electron chi connectivity index (χ0n) is 11.9. The van der Waals surface area contributed by atoms with E-state index >= 15 is 0 Å².